The lowest BCUT2D eigenvalue weighted by atomic mass is 10.1. The van der Waals surface area contributed by atoms with Crippen molar-refractivity contribution in [2.75, 3.05) is 22.5 Å². The van der Waals surface area contributed by atoms with Crippen LogP contribution in [0.15, 0.2) is 65.6 Å². The number of sulfonamides is 1. The summed E-state index contributed by atoms with van der Waals surface area (Å²) in [6.07, 6.45) is 0. The second-order valence-corrected chi connectivity index (χ2v) is 11.2. The van der Waals surface area contributed by atoms with Gasteiger partial charge in [0.1, 0.15) is 5.75 Å². The summed E-state index contributed by atoms with van der Waals surface area (Å²) in [6, 6.07) is 16.6. The predicted octanol–water partition coefficient (Wildman–Crippen LogP) is 4.82. The van der Waals surface area contributed by atoms with Gasteiger partial charge in [0.2, 0.25) is 5.91 Å². The summed E-state index contributed by atoms with van der Waals surface area (Å²) < 4.78 is 35.0. The van der Waals surface area contributed by atoms with E-state index in [2.05, 4.69) is 25.3 Å². The number of para-hydroxylation sites is 2. The molecule has 1 amide bonds. The molecule has 0 unspecified atom stereocenters. The second-order valence-electron chi connectivity index (χ2n) is 9.14. The van der Waals surface area contributed by atoms with Crippen LogP contribution >= 0.6 is 11.6 Å². The van der Waals surface area contributed by atoms with Crippen LogP contribution in [0.4, 0.5) is 23.0 Å². The molecule has 1 heterocycles. The van der Waals surface area contributed by atoms with Crippen molar-refractivity contribution in [1.29, 1.82) is 0 Å². The fourth-order valence-electron chi connectivity index (χ4n) is 3.45. The van der Waals surface area contributed by atoms with Gasteiger partial charge in [-0.1, -0.05) is 29.8 Å². The molecule has 0 atom stereocenters. The number of hydrogen-bond donors (Lipinski definition) is 4. The van der Waals surface area contributed by atoms with Gasteiger partial charge >= 0.3 is 0 Å². The largest absolute Gasteiger partial charge is 0.497 e. The van der Waals surface area contributed by atoms with E-state index in [0.29, 0.717) is 33.1 Å². The molecule has 0 saturated carbocycles. The highest BCUT2D eigenvalue weighted by Gasteiger charge is 2.25. The molecule has 0 fully saturated rings. The Balaban J connectivity index is 1.76. The second kappa shape index (κ2) is 10.4. The maximum absolute atomic E-state index is 13.6. The zero-order chi connectivity index (χ0) is 27.7. The summed E-state index contributed by atoms with van der Waals surface area (Å²) in [6.45, 7) is 4.75. The van der Waals surface area contributed by atoms with E-state index in [1.165, 1.54) is 13.2 Å². The van der Waals surface area contributed by atoms with Crippen molar-refractivity contribution in [3.8, 4) is 5.75 Å². The normalized spacial score (nSPS) is 11.7. The van der Waals surface area contributed by atoms with Crippen molar-refractivity contribution in [2.24, 2.45) is 5.73 Å². The van der Waals surface area contributed by atoms with Gasteiger partial charge in [-0.25, -0.2) is 18.4 Å². The number of nitrogens with one attached hydrogen (secondary N) is 3. The molecule has 0 bridgehead atoms. The number of benzene rings is 3. The van der Waals surface area contributed by atoms with Crippen LogP contribution in [-0.4, -0.2) is 36.9 Å². The van der Waals surface area contributed by atoms with Gasteiger partial charge in [0.25, 0.3) is 10.0 Å². The summed E-state index contributed by atoms with van der Waals surface area (Å²) in [5, 5.41) is 6.09. The zero-order valence-electron chi connectivity index (χ0n) is 21.2. The number of fused-ring (bicyclic) bond motifs is 1. The highest BCUT2D eigenvalue weighted by Crippen LogP contribution is 2.33. The molecular weight excluding hydrogens is 528 g/mol. The number of nitrogens with zero attached hydrogens (tertiary/aromatic N) is 2. The summed E-state index contributed by atoms with van der Waals surface area (Å²) >= 11 is 6.37. The molecule has 0 aliphatic carbocycles. The number of carbonyl (C=O) groups excluding carboxylic acids is 1. The number of amides is 1. The Morgan fingerprint density at radius 2 is 1.66 bits per heavy atom. The van der Waals surface area contributed by atoms with Crippen LogP contribution in [0.25, 0.3) is 11.0 Å². The van der Waals surface area contributed by atoms with E-state index in [-0.39, 0.29) is 22.2 Å². The number of anilines is 4. The lowest BCUT2D eigenvalue weighted by molar-refractivity contribution is -0.120. The van der Waals surface area contributed by atoms with Gasteiger partial charge in [0.15, 0.2) is 11.6 Å². The average Bonchev–Trinajstić information content (AvgIpc) is 2.86. The van der Waals surface area contributed by atoms with E-state index in [4.69, 9.17) is 22.1 Å². The van der Waals surface area contributed by atoms with Gasteiger partial charge < -0.3 is 21.1 Å². The van der Waals surface area contributed by atoms with Gasteiger partial charge in [-0.2, -0.15) is 0 Å². The fraction of sp³-hybridized carbons (Fsp3) is 0.192. The van der Waals surface area contributed by atoms with Gasteiger partial charge in [-0.15, -0.1) is 0 Å². The van der Waals surface area contributed by atoms with Crippen molar-refractivity contribution >= 4 is 61.6 Å². The molecule has 0 radical (unpaired) electrons. The SMILES string of the molecule is COc1ccc(Cl)c(Nc2nc3ccccc3nc2NS(=O)(=O)c2cc(NC(=O)C(C)(C)N)ccc2C)c1. The van der Waals surface area contributed by atoms with E-state index in [1.807, 2.05) is 0 Å². The number of aryl methyl sites for hydroxylation is 1. The van der Waals surface area contributed by atoms with Crippen LogP contribution in [-0.2, 0) is 14.8 Å². The predicted molar refractivity (Wildman–Crippen MR) is 150 cm³/mol. The number of nitrogens with two attached hydrogens (primary N) is 1. The van der Waals surface area contributed by atoms with Gasteiger partial charge in [0, 0.05) is 11.8 Å². The first kappa shape index (κ1) is 27.1. The van der Waals surface area contributed by atoms with E-state index in [9.17, 15) is 13.2 Å². The lowest BCUT2D eigenvalue weighted by Gasteiger charge is -2.19. The van der Waals surface area contributed by atoms with Crippen molar-refractivity contribution in [2.45, 2.75) is 31.2 Å². The first-order valence-corrected chi connectivity index (χ1v) is 13.3. The van der Waals surface area contributed by atoms with Crippen LogP contribution < -0.4 is 25.8 Å². The van der Waals surface area contributed by atoms with Crippen LogP contribution in [0.3, 0.4) is 0 Å². The molecule has 0 spiro atoms. The first-order chi connectivity index (χ1) is 17.9. The van der Waals surface area contributed by atoms with Crippen LogP contribution in [0.5, 0.6) is 5.75 Å². The number of halogens is 1. The highest BCUT2D eigenvalue weighted by atomic mass is 35.5. The number of aromatic nitrogens is 2. The Kier molecular flexibility index (Phi) is 7.45. The minimum absolute atomic E-state index is 0.0421. The van der Waals surface area contributed by atoms with E-state index < -0.39 is 21.5 Å². The first-order valence-electron chi connectivity index (χ1n) is 11.5. The zero-order valence-corrected chi connectivity index (χ0v) is 22.7. The summed E-state index contributed by atoms with van der Waals surface area (Å²) in [5.41, 5.74) is 6.92. The number of ether oxygens (including phenoxy) is 1. The summed E-state index contributed by atoms with van der Waals surface area (Å²) in [7, 11) is -2.65. The molecule has 1 aromatic heterocycles. The van der Waals surface area contributed by atoms with Crippen molar-refractivity contribution in [1.82, 2.24) is 9.97 Å². The highest BCUT2D eigenvalue weighted by molar-refractivity contribution is 7.92. The lowest BCUT2D eigenvalue weighted by Crippen LogP contribution is -2.45. The Bertz CT molecular complexity index is 1640. The van der Waals surface area contributed by atoms with Crippen LogP contribution in [0.1, 0.15) is 19.4 Å². The fourth-order valence-corrected chi connectivity index (χ4v) is 4.90. The molecule has 38 heavy (non-hydrogen) atoms. The number of carbonyl (C=O) groups is 1. The molecular formula is C26H27ClN6O4S. The Hall–Kier alpha value is -3.93. The monoisotopic (exact) mass is 554 g/mol. The van der Waals surface area contributed by atoms with Gasteiger partial charge in [-0.05, 0) is 62.7 Å². The maximum Gasteiger partial charge on any atom is 0.263 e. The Labute approximate surface area is 225 Å². The number of hydrogen-bond acceptors (Lipinski definition) is 8. The third-order valence-corrected chi connectivity index (χ3v) is 7.36. The quantitative estimate of drug-likeness (QED) is 0.242. The molecule has 0 aliphatic heterocycles. The molecule has 4 aromatic rings. The van der Waals surface area contributed by atoms with Gasteiger partial charge in [-0.3, -0.25) is 9.52 Å². The van der Waals surface area contributed by atoms with Crippen molar-refractivity contribution in [3.63, 3.8) is 0 Å². The van der Waals surface area contributed by atoms with E-state index >= 15 is 0 Å². The molecule has 5 N–H and O–H groups in total. The minimum Gasteiger partial charge on any atom is -0.497 e. The number of methoxy groups -OCH3 is 1. The molecule has 10 nitrogen and oxygen atoms in total. The molecule has 0 saturated heterocycles. The third kappa shape index (κ3) is 5.96. The smallest absolute Gasteiger partial charge is 0.263 e. The maximum atomic E-state index is 13.6. The summed E-state index contributed by atoms with van der Waals surface area (Å²) in [4.78, 5) is 21.4. The molecule has 198 valence electrons. The van der Waals surface area contributed by atoms with E-state index in [1.54, 1.807) is 75.4 Å². The Morgan fingerprint density at radius 1 is 1.00 bits per heavy atom. The summed E-state index contributed by atoms with van der Waals surface area (Å²) in [5.74, 6) is 0.177. The molecule has 12 heteroatoms. The third-order valence-electron chi connectivity index (χ3n) is 5.55. The number of rotatable bonds is 8. The average molecular weight is 555 g/mol. The molecule has 3 aromatic carbocycles. The van der Waals surface area contributed by atoms with Gasteiger partial charge in [0.05, 0.1) is 39.3 Å². The van der Waals surface area contributed by atoms with Crippen molar-refractivity contribution < 1.29 is 17.9 Å². The van der Waals surface area contributed by atoms with E-state index in [0.717, 1.165) is 0 Å². The topological polar surface area (TPSA) is 148 Å². The van der Waals surface area contributed by atoms with Crippen LogP contribution in [0.2, 0.25) is 5.02 Å². The molecule has 0 aliphatic rings. The minimum atomic E-state index is -4.18. The molecule has 4 rings (SSSR count). The van der Waals surface area contributed by atoms with Crippen molar-refractivity contribution in [3.05, 3.63) is 71.2 Å². The Morgan fingerprint density at radius 3 is 2.29 bits per heavy atom. The standard InChI is InChI=1S/C26H27ClN6O4S/c1-15-9-10-16(29-25(34)26(2,3)28)13-22(15)38(35,36)33-24-23(30-19-7-5-6-8-20(19)31-24)32-21-14-17(37-4)11-12-18(21)27/h5-14H,28H2,1-4H3,(H,29,34)(H,30,32)(H,31,33). The van der Waals surface area contributed by atoms with Crippen LogP contribution in [0, 0.1) is 6.92 Å².